The molecule has 0 saturated carbocycles. The van der Waals surface area contributed by atoms with Gasteiger partial charge in [-0.05, 0) is 24.6 Å². The summed E-state index contributed by atoms with van der Waals surface area (Å²) in [6, 6.07) is 9.95. The molecule has 0 aliphatic rings. The van der Waals surface area contributed by atoms with E-state index in [0.29, 0.717) is 5.82 Å². The number of allylic oxidation sites excluding steroid dienone is 3. The zero-order valence-corrected chi connectivity index (χ0v) is 9.90. The lowest BCUT2D eigenvalue weighted by Crippen LogP contribution is -2.24. The Morgan fingerprint density at radius 2 is 1.88 bits per heavy atom. The van der Waals surface area contributed by atoms with Gasteiger partial charge in [-0.25, -0.2) is 0 Å². The number of para-hydroxylation sites is 1. The molecule has 0 bridgehead atoms. The highest BCUT2D eigenvalue weighted by atomic mass is 15.2. The molecule has 0 saturated heterocycles. The van der Waals surface area contributed by atoms with Gasteiger partial charge < -0.3 is 10.6 Å². The van der Waals surface area contributed by atoms with Crippen molar-refractivity contribution >= 4 is 5.69 Å². The highest BCUT2D eigenvalue weighted by Gasteiger charge is 2.07. The molecular formula is C14H18N2. The third-order valence-corrected chi connectivity index (χ3v) is 2.44. The van der Waals surface area contributed by atoms with Gasteiger partial charge in [0.05, 0.1) is 0 Å². The summed E-state index contributed by atoms with van der Waals surface area (Å²) in [5.41, 5.74) is 8.91. The molecule has 16 heavy (non-hydrogen) atoms. The van der Waals surface area contributed by atoms with E-state index in [-0.39, 0.29) is 0 Å². The molecule has 84 valence electrons. The molecule has 0 aromatic heterocycles. The highest BCUT2D eigenvalue weighted by Crippen LogP contribution is 2.19. The zero-order valence-electron chi connectivity index (χ0n) is 9.90. The molecule has 0 heterocycles. The van der Waals surface area contributed by atoms with Gasteiger partial charge in [-0.15, -0.1) is 0 Å². The molecule has 2 heteroatoms. The van der Waals surface area contributed by atoms with Crippen LogP contribution >= 0.6 is 0 Å². The maximum absolute atomic E-state index is 6.08. The molecule has 0 atom stereocenters. The fourth-order valence-electron chi connectivity index (χ4n) is 1.47. The largest absolute Gasteiger partial charge is 0.385 e. The quantitative estimate of drug-likeness (QED) is 0.780. The number of nitrogens with two attached hydrogens (primary N) is 1. The summed E-state index contributed by atoms with van der Waals surface area (Å²) in [6.07, 6.45) is 1.73. The minimum absolute atomic E-state index is 0.661. The SMILES string of the molecule is C=C/C(C(=C)C)=C(/N)N(C)c1ccccc1. The van der Waals surface area contributed by atoms with Crippen LogP contribution in [-0.2, 0) is 0 Å². The topological polar surface area (TPSA) is 29.3 Å². The summed E-state index contributed by atoms with van der Waals surface area (Å²) >= 11 is 0. The van der Waals surface area contributed by atoms with E-state index >= 15 is 0 Å². The van der Waals surface area contributed by atoms with Gasteiger partial charge in [0.25, 0.3) is 0 Å². The van der Waals surface area contributed by atoms with E-state index in [1.165, 1.54) is 0 Å². The summed E-state index contributed by atoms with van der Waals surface area (Å²) in [5, 5.41) is 0. The summed E-state index contributed by atoms with van der Waals surface area (Å²) in [6.45, 7) is 9.56. The van der Waals surface area contributed by atoms with Crippen molar-refractivity contribution in [2.24, 2.45) is 5.73 Å². The maximum Gasteiger partial charge on any atom is 0.111 e. The van der Waals surface area contributed by atoms with Gasteiger partial charge in [-0.3, -0.25) is 0 Å². The Bertz CT molecular complexity index is 416. The van der Waals surface area contributed by atoms with Crippen LogP contribution in [0.5, 0.6) is 0 Å². The number of anilines is 1. The van der Waals surface area contributed by atoms with Crippen LogP contribution in [0, 0.1) is 0 Å². The van der Waals surface area contributed by atoms with Crippen LogP contribution in [-0.4, -0.2) is 7.05 Å². The van der Waals surface area contributed by atoms with Crippen molar-refractivity contribution in [1.82, 2.24) is 0 Å². The highest BCUT2D eigenvalue weighted by molar-refractivity contribution is 5.54. The molecule has 2 nitrogen and oxygen atoms in total. The molecule has 1 aromatic rings. The van der Waals surface area contributed by atoms with Crippen LogP contribution in [0.2, 0.25) is 0 Å². The number of nitrogens with zero attached hydrogens (tertiary/aromatic N) is 1. The van der Waals surface area contributed by atoms with Crippen molar-refractivity contribution in [1.29, 1.82) is 0 Å². The Labute approximate surface area is 97.4 Å². The second kappa shape index (κ2) is 5.21. The van der Waals surface area contributed by atoms with Crippen molar-refractivity contribution in [3.8, 4) is 0 Å². The Morgan fingerprint density at radius 1 is 1.31 bits per heavy atom. The standard InChI is InChI=1S/C14H18N2/c1-5-13(11(2)3)14(15)16(4)12-9-7-6-8-10-12/h5-10H,1-2,15H2,3-4H3/b14-13+. The van der Waals surface area contributed by atoms with Crippen LogP contribution < -0.4 is 10.6 Å². The van der Waals surface area contributed by atoms with Crippen molar-refractivity contribution in [3.05, 3.63) is 66.5 Å². The van der Waals surface area contributed by atoms with Crippen molar-refractivity contribution in [2.75, 3.05) is 11.9 Å². The molecule has 0 amide bonds. The predicted octanol–water partition coefficient (Wildman–Crippen LogP) is 3.06. The normalized spacial score (nSPS) is 11.6. The number of hydrogen-bond acceptors (Lipinski definition) is 2. The first kappa shape index (κ1) is 12.1. The number of hydrogen-bond donors (Lipinski definition) is 1. The van der Waals surface area contributed by atoms with Gasteiger partial charge >= 0.3 is 0 Å². The van der Waals surface area contributed by atoms with E-state index in [2.05, 4.69) is 13.2 Å². The van der Waals surface area contributed by atoms with Gasteiger partial charge in [0.2, 0.25) is 0 Å². The molecule has 0 radical (unpaired) electrons. The summed E-state index contributed by atoms with van der Waals surface area (Å²) in [4.78, 5) is 1.92. The molecule has 2 N–H and O–H groups in total. The van der Waals surface area contributed by atoms with Crippen LogP contribution in [0.25, 0.3) is 0 Å². The third kappa shape index (κ3) is 2.54. The lowest BCUT2D eigenvalue weighted by atomic mass is 10.1. The van der Waals surface area contributed by atoms with Crippen molar-refractivity contribution < 1.29 is 0 Å². The molecule has 0 aliphatic heterocycles. The van der Waals surface area contributed by atoms with E-state index in [1.807, 2.05) is 49.2 Å². The Hall–Kier alpha value is -1.96. The number of benzene rings is 1. The Balaban J connectivity index is 3.11. The maximum atomic E-state index is 6.08. The molecular weight excluding hydrogens is 196 g/mol. The molecule has 1 aromatic carbocycles. The van der Waals surface area contributed by atoms with Crippen molar-refractivity contribution in [3.63, 3.8) is 0 Å². The third-order valence-electron chi connectivity index (χ3n) is 2.44. The van der Waals surface area contributed by atoms with E-state index in [4.69, 9.17) is 5.73 Å². The first-order chi connectivity index (χ1) is 7.57. The molecule has 0 spiro atoms. The van der Waals surface area contributed by atoms with Gasteiger partial charge in [0.1, 0.15) is 5.82 Å². The van der Waals surface area contributed by atoms with Gasteiger partial charge in [0.15, 0.2) is 0 Å². The fraction of sp³-hybridized carbons (Fsp3) is 0.143. The first-order valence-corrected chi connectivity index (χ1v) is 5.14. The van der Waals surface area contributed by atoms with Crippen LogP contribution in [0.3, 0.4) is 0 Å². The van der Waals surface area contributed by atoms with E-state index in [9.17, 15) is 0 Å². The summed E-state index contributed by atoms with van der Waals surface area (Å²) < 4.78 is 0. The minimum Gasteiger partial charge on any atom is -0.385 e. The summed E-state index contributed by atoms with van der Waals surface area (Å²) in [7, 11) is 1.93. The molecule has 0 aliphatic carbocycles. The van der Waals surface area contributed by atoms with Gasteiger partial charge in [0, 0.05) is 18.3 Å². The van der Waals surface area contributed by atoms with Gasteiger partial charge in [-0.2, -0.15) is 0 Å². The fourth-order valence-corrected chi connectivity index (χ4v) is 1.47. The average Bonchev–Trinajstić information content (AvgIpc) is 2.29. The summed E-state index contributed by atoms with van der Waals surface area (Å²) in [5.74, 6) is 0.661. The number of rotatable bonds is 4. The predicted molar refractivity (Wildman–Crippen MR) is 71.1 cm³/mol. The second-order valence-electron chi connectivity index (χ2n) is 3.68. The molecule has 0 unspecified atom stereocenters. The second-order valence-corrected chi connectivity index (χ2v) is 3.68. The smallest absolute Gasteiger partial charge is 0.111 e. The van der Waals surface area contributed by atoms with Crippen LogP contribution in [0.15, 0.2) is 66.5 Å². The first-order valence-electron chi connectivity index (χ1n) is 5.14. The lowest BCUT2D eigenvalue weighted by Gasteiger charge is -2.22. The molecule has 1 rings (SSSR count). The van der Waals surface area contributed by atoms with E-state index in [0.717, 1.165) is 16.8 Å². The van der Waals surface area contributed by atoms with Gasteiger partial charge in [-0.1, -0.05) is 37.4 Å². The monoisotopic (exact) mass is 214 g/mol. The Morgan fingerprint density at radius 3 is 2.31 bits per heavy atom. The van der Waals surface area contributed by atoms with Crippen molar-refractivity contribution in [2.45, 2.75) is 6.92 Å². The average molecular weight is 214 g/mol. The van der Waals surface area contributed by atoms with Crippen LogP contribution in [0.1, 0.15) is 6.92 Å². The Kier molecular flexibility index (Phi) is 3.95. The minimum atomic E-state index is 0.661. The van der Waals surface area contributed by atoms with E-state index < -0.39 is 0 Å². The lowest BCUT2D eigenvalue weighted by molar-refractivity contribution is 1.04. The zero-order chi connectivity index (χ0) is 12.1. The van der Waals surface area contributed by atoms with Crippen LogP contribution in [0.4, 0.5) is 5.69 Å². The van der Waals surface area contributed by atoms with E-state index in [1.54, 1.807) is 6.08 Å². The molecule has 0 fully saturated rings.